The molecule has 0 saturated carbocycles. The Bertz CT molecular complexity index is 1070. The number of nitrogens with zero attached hydrogens (tertiary/aromatic N) is 3. The van der Waals surface area contributed by atoms with Crippen molar-refractivity contribution < 1.29 is 23.8 Å². The molecule has 1 aromatic heterocycles. The lowest BCUT2D eigenvalue weighted by Gasteiger charge is -2.24. The van der Waals surface area contributed by atoms with Gasteiger partial charge >= 0.3 is 11.9 Å². The van der Waals surface area contributed by atoms with Gasteiger partial charge in [0.25, 0.3) is 0 Å². The Labute approximate surface area is 181 Å². The first-order valence-corrected chi connectivity index (χ1v) is 9.53. The first kappa shape index (κ1) is 23.4. The van der Waals surface area contributed by atoms with Crippen molar-refractivity contribution in [2.75, 3.05) is 13.7 Å². The van der Waals surface area contributed by atoms with Gasteiger partial charge < -0.3 is 14.2 Å². The Morgan fingerprint density at radius 2 is 1.90 bits per heavy atom. The maximum atomic E-state index is 12.9. The Kier molecular flexibility index (Phi) is 7.33. The molecule has 0 radical (unpaired) electrons. The highest BCUT2D eigenvalue weighted by atomic mass is 16.6. The second-order valence-electron chi connectivity index (χ2n) is 7.45. The second kappa shape index (κ2) is 9.73. The van der Waals surface area contributed by atoms with Crippen molar-refractivity contribution in [3.8, 4) is 29.0 Å². The average Bonchev–Trinajstić information content (AvgIpc) is 2.72. The first-order chi connectivity index (χ1) is 14.7. The Balaban J connectivity index is 2.87. The zero-order valence-corrected chi connectivity index (χ0v) is 18.1. The van der Waals surface area contributed by atoms with Crippen LogP contribution in [0.5, 0.6) is 5.75 Å². The van der Waals surface area contributed by atoms with Crippen molar-refractivity contribution in [2.24, 2.45) is 0 Å². The summed E-state index contributed by atoms with van der Waals surface area (Å²) in [5.41, 5.74) is 0.0192. The van der Waals surface area contributed by atoms with Crippen LogP contribution in [0.3, 0.4) is 0 Å². The summed E-state index contributed by atoms with van der Waals surface area (Å²) in [5.74, 6) is -2.60. The number of esters is 2. The predicted octanol–water partition coefficient (Wildman–Crippen LogP) is 3.75. The molecule has 1 atom stereocenters. The number of pyridine rings is 1. The molecular formula is C23H23N3O5. The van der Waals surface area contributed by atoms with Crippen LogP contribution in [0.4, 0.5) is 0 Å². The average molecular weight is 421 g/mol. The molecule has 0 aliphatic carbocycles. The maximum Gasteiger partial charge on any atom is 0.340 e. The standard InChI is InChI=1S/C23H23N3O5/c1-6-30-21(27)17-13-26-10-9-15(17)20-18(29-5)8-7-14(11-24)19(20)16(12-25)22(28)31-23(2,3)4/h7-10,13,16H,6H2,1-5H3. The van der Waals surface area contributed by atoms with E-state index in [1.807, 2.05) is 12.1 Å². The van der Waals surface area contributed by atoms with Crippen molar-refractivity contribution >= 4 is 11.9 Å². The van der Waals surface area contributed by atoms with Crippen molar-refractivity contribution in [2.45, 2.75) is 39.2 Å². The van der Waals surface area contributed by atoms with E-state index in [1.54, 1.807) is 27.7 Å². The lowest BCUT2D eigenvalue weighted by molar-refractivity contribution is -0.155. The zero-order valence-electron chi connectivity index (χ0n) is 18.1. The number of aromatic nitrogens is 1. The van der Waals surface area contributed by atoms with Crippen LogP contribution in [0.2, 0.25) is 0 Å². The molecule has 1 aromatic carbocycles. The maximum absolute atomic E-state index is 12.9. The number of hydrogen-bond donors (Lipinski definition) is 0. The van der Waals surface area contributed by atoms with E-state index in [1.165, 1.54) is 37.7 Å². The molecule has 1 unspecified atom stereocenters. The fraction of sp³-hybridized carbons (Fsp3) is 0.348. The fourth-order valence-electron chi connectivity index (χ4n) is 3.02. The summed E-state index contributed by atoms with van der Waals surface area (Å²) in [4.78, 5) is 29.4. The summed E-state index contributed by atoms with van der Waals surface area (Å²) >= 11 is 0. The molecule has 31 heavy (non-hydrogen) atoms. The fourth-order valence-corrected chi connectivity index (χ4v) is 3.02. The van der Waals surface area contributed by atoms with Crippen molar-refractivity contribution in [1.29, 1.82) is 10.5 Å². The van der Waals surface area contributed by atoms with E-state index in [0.29, 0.717) is 5.56 Å². The molecule has 0 amide bonds. The molecule has 0 bridgehead atoms. The van der Waals surface area contributed by atoms with Gasteiger partial charge in [-0.05, 0) is 45.9 Å². The van der Waals surface area contributed by atoms with Gasteiger partial charge in [0.2, 0.25) is 0 Å². The van der Waals surface area contributed by atoms with Gasteiger partial charge in [-0.25, -0.2) is 4.79 Å². The third kappa shape index (κ3) is 5.18. The van der Waals surface area contributed by atoms with Crippen molar-refractivity contribution in [3.63, 3.8) is 0 Å². The first-order valence-electron chi connectivity index (χ1n) is 9.53. The minimum Gasteiger partial charge on any atom is -0.496 e. The van der Waals surface area contributed by atoms with Gasteiger partial charge in [0.05, 0.1) is 37.0 Å². The zero-order chi connectivity index (χ0) is 23.2. The van der Waals surface area contributed by atoms with Gasteiger partial charge in [-0.2, -0.15) is 10.5 Å². The molecule has 0 aliphatic rings. The molecule has 0 saturated heterocycles. The quantitative estimate of drug-likeness (QED) is 0.646. The third-order valence-corrected chi connectivity index (χ3v) is 4.19. The molecule has 0 fully saturated rings. The molecule has 8 heteroatoms. The SMILES string of the molecule is CCOC(=O)c1cnccc1-c1c(OC)ccc(C#N)c1C(C#N)C(=O)OC(C)(C)C. The van der Waals surface area contributed by atoms with Crippen LogP contribution in [-0.2, 0) is 14.3 Å². The smallest absolute Gasteiger partial charge is 0.340 e. The number of benzene rings is 1. The van der Waals surface area contributed by atoms with Crippen LogP contribution < -0.4 is 4.74 Å². The van der Waals surface area contributed by atoms with Crippen LogP contribution in [0.1, 0.15) is 55.1 Å². The Morgan fingerprint density at radius 3 is 2.45 bits per heavy atom. The highest BCUT2D eigenvalue weighted by Crippen LogP contribution is 2.41. The van der Waals surface area contributed by atoms with Gasteiger partial charge in [0.1, 0.15) is 11.4 Å². The highest BCUT2D eigenvalue weighted by Gasteiger charge is 2.33. The van der Waals surface area contributed by atoms with Gasteiger partial charge in [-0.15, -0.1) is 0 Å². The number of nitriles is 2. The molecule has 2 rings (SSSR count). The summed E-state index contributed by atoms with van der Waals surface area (Å²) in [6, 6.07) is 8.49. The number of hydrogen-bond acceptors (Lipinski definition) is 8. The van der Waals surface area contributed by atoms with Crippen LogP contribution >= 0.6 is 0 Å². The summed E-state index contributed by atoms with van der Waals surface area (Å²) in [6.07, 6.45) is 2.78. The molecule has 0 N–H and O–H groups in total. The summed E-state index contributed by atoms with van der Waals surface area (Å²) in [7, 11) is 1.41. The van der Waals surface area contributed by atoms with Crippen LogP contribution in [0, 0.1) is 22.7 Å². The van der Waals surface area contributed by atoms with Gasteiger partial charge in [0.15, 0.2) is 5.92 Å². The van der Waals surface area contributed by atoms with Gasteiger partial charge in [-0.1, -0.05) is 0 Å². The highest BCUT2D eigenvalue weighted by molar-refractivity contribution is 6.00. The van der Waals surface area contributed by atoms with Gasteiger partial charge in [0, 0.05) is 29.1 Å². The van der Waals surface area contributed by atoms with E-state index in [9.17, 15) is 20.1 Å². The third-order valence-electron chi connectivity index (χ3n) is 4.19. The van der Waals surface area contributed by atoms with E-state index in [0.717, 1.165) is 0 Å². The minimum absolute atomic E-state index is 0.0832. The van der Waals surface area contributed by atoms with Crippen LogP contribution in [0.15, 0.2) is 30.6 Å². The van der Waals surface area contributed by atoms with E-state index >= 15 is 0 Å². The summed E-state index contributed by atoms with van der Waals surface area (Å²) < 4.78 is 16.0. The Morgan fingerprint density at radius 1 is 1.19 bits per heavy atom. The van der Waals surface area contributed by atoms with E-state index in [2.05, 4.69) is 4.98 Å². The number of rotatable bonds is 6. The molecule has 160 valence electrons. The topological polar surface area (TPSA) is 122 Å². The van der Waals surface area contributed by atoms with Crippen LogP contribution in [-0.4, -0.2) is 36.2 Å². The molecule has 8 nitrogen and oxygen atoms in total. The number of methoxy groups -OCH3 is 1. The largest absolute Gasteiger partial charge is 0.496 e. The number of carbonyl (C=O) groups is 2. The van der Waals surface area contributed by atoms with E-state index in [-0.39, 0.29) is 34.6 Å². The molecule has 0 spiro atoms. The monoisotopic (exact) mass is 421 g/mol. The van der Waals surface area contributed by atoms with Crippen LogP contribution in [0.25, 0.3) is 11.1 Å². The van der Waals surface area contributed by atoms with Gasteiger partial charge in [-0.3, -0.25) is 9.78 Å². The van der Waals surface area contributed by atoms with E-state index in [4.69, 9.17) is 14.2 Å². The minimum atomic E-state index is -1.43. The summed E-state index contributed by atoms with van der Waals surface area (Å²) in [5, 5.41) is 19.6. The normalized spacial score (nSPS) is 11.6. The predicted molar refractivity (Wildman–Crippen MR) is 111 cm³/mol. The van der Waals surface area contributed by atoms with Crippen molar-refractivity contribution in [1.82, 2.24) is 4.98 Å². The van der Waals surface area contributed by atoms with Crippen molar-refractivity contribution in [3.05, 3.63) is 47.3 Å². The molecule has 0 aliphatic heterocycles. The molecule has 2 aromatic rings. The van der Waals surface area contributed by atoms with E-state index < -0.39 is 23.5 Å². The summed E-state index contributed by atoms with van der Waals surface area (Å²) in [6.45, 7) is 6.86. The molecule has 1 heterocycles. The second-order valence-corrected chi connectivity index (χ2v) is 7.45. The lowest BCUT2D eigenvalue weighted by atomic mass is 9.85. The Hall–Kier alpha value is -3.91. The lowest BCUT2D eigenvalue weighted by Crippen LogP contribution is -2.28. The number of carbonyl (C=O) groups excluding carboxylic acids is 2. The molecular weight excluding hydrogens is 398 g/mol. The number of ether oxygens (including phenoxy) is 3.